The first kappa shape index (κ1) is 19.8. The van der Waals surface area contributed by atoms with Crippen molar-refractivity contribution in [3.8, 4) is 5.75 Å². The predicted octanol–water partition coefficient (Wildman–Crippen LogP) is 4.12. The van der Waals surface area contributed by atoms with Crippen LogP contribution in [0, 0.1) is 6.92 Å². The number of nitrogens with zero attached hydrogens (tertiary/aromatic N) is 3. The number of methoxy groups -OCH3 is 1. The lowest BCUT2D eigenvalue weighted by atomic mass is 10.1. The summed E-state index contributed by atoms with van der Waals surface area (Å²) < 4.78 is 33.5. The zero-order valence-corrected chi connectivity index (χ0v) is 17.8. The maximum absolute atomic E-state index is 13.3. The first-order valence-corrected chi connectivity index (χ1v) is 11.6. The number of sulfonamides is 1. The fourth-order valence-corrected chi connectivity index (χ4v) is 5.86. The van der Waals surface area contributed by atoms with E-state index in [9.17, 15) is 8.42 Å². The van der Waals surface area contributed by atoms with E-state index in [1.54, 1.807) is 35.8 Å². The van der Waals surface area contributed by atoms with Crippen LogP contribution >= 0.6 is 11.3 Å². The number of nitrogens with one attached hydrogen (secondary N) is 1. The van der Waals surface area contributed by atoms with Gasteiger partial charge < -0.3 is 10.1 Å². The normalized spacial score (nSPS) is 17.4. The van der Waals surface area contributed by atoms with E-state index in [2.05, 4.69) is 15.3 Å². The number of ether oxygens (including phenoxy) is 1. The zero-order chi connectivity index (χ0) is 20.4. The Morgan fingerprint density at radius 1 is 1.28 bits per heavy atom. The summed E-state index contributed by atoms with van der Waals surface area (Å²) >= 11 is 1.48. The van der Waals surface area contributed by atoms with Gasteiger partial charge in [-0.1, -0.05) is 6.07 Å². The molecule has 0 bridgehead atoms. The molecule has 3 aromatic rings. The molecule has 0 spiro atoms. The van der Waals surface area contributed by atoms with Crippen LogP contribution in [-0.4, -0.2) is 36.3 Å². The average molecular weight is 431 g/mol. The number of pyridine rings is 1. The summed E-state index contributed by atoms with van der Waals surface area (Å²) in [6.45, 7) is 2.32. The molecule has 0 unspecified atom stereocenters. The van der Waals surface area contributed by atoms with E-state index >= 15 is 0 Å². The van der Waals surface area contributed by atoms with E-state index in [1.807, 2.05) is 30.5 Å². The topological polar surface area (TPSA) is 84.4 Å². The molecule has 29 heavy (non-hydrogen) atoms. The van der Waals surface area contributed by atoms with Crippen LogP contribution in [0.15, 0.2) is 52.9 Å². The van der Waals surface area contributed by atoms with Crippen molar-refractivity contribution < 1.29 is 13.2 Å². The summed E-state index contributed by atoms with van der Waals surface area (Å²) in [5.74, 6) is 1.33. The molecule has 3 heterocycles. The van der Waals surface area contributed by atoms with Gasteiger partial charge in [0.1, 0.15) is 11.6 Å². The first-order chi connectivity index (χ1) is 14.0. The van der Waals surface area contributed by atoms with Crippen molar-refractivity contribution in [3.05, 3.63) is 59.2 Å². The molecule has 1 N–H and O–H groups in total. The highest BCUT2D eigenvalue weighted by Gasteiger charge is 2.37. The molecular formula is C20H22N4O3S2. The van der Waals surface area contributed by atoms with Gasteiger partial charge in [0.2, 0.25) is 10.0 Å². The van der Waals surface area contributed by atoms with Crippen LogP contribution in [0.25, 0.3) is 0 Å². The summed E-state index contributed by atoms with van der Waals surface area (Å²) in [5, 5.41) is 5.80. The summed E-state index contributed by atoms with van der Waals surface area (Å²) in [6, 6.07) is 10.3. The Labute approximate surface area is 174 Å². The van der Waals surface area contributed by atoms with Crippen molar-refractivity contribution in [2.75, 3.05) is 19.0 Å². The first-order valence-electron chi connectivity index (χ1n) is 9.29. The van der Waals surface area contributed by atoms with Gasteiger partial charge in [-0.25, -0.2) is 18.4 Å². The number of rotatable bonds is 6. The van der Waals surface area contributed by atoms with Gasteiger partial charge in [0.05, 0.1) is 23.7 Å². The van der Waals surface area contributed by atoms with E-state index < -0.39 is 10.0 Å². The van der Waals surface area contributed by atoms with Crippen molar-refractivity contribution in [3.63, 3.8) is 0 Å². The van der Waals surface area contributed by atoms with Crippen molar-refractivity contribution >= 4 is 32.3 Å². The fraction of sp³-hybridized carbons (Fsp3) is 0.300. The Morgan fingerprint density at radius 2 is 2.14 bits per heavy atom. The van der Waals surface area contributed by atoms with Gasteiger partial charge in [0.15, 0.2) is 5.13 Å². The maximum atomic E-state index is 13.3. The zero-order valence-electron chi connectivity index (χ0n) is 16.2. The summed E-state index contributed by atoms with van der Waals surface area (Å²) in [6.07, 6.45) is 3.26. The molecule has 0 saturated carbocycles. The second-order valence-electron chi connectivity index (χ2n) is 6.82. The number of hydrogen-bond acceptors (Lipinski definition) is 7. The third kappa shape index (κ3) is 3.98. The number of thiazole rings is 1. The third-order valence-corrected chi connectivity index (χ3v) is 7.55. The molecule has 2 aromatic heterocycles. The molecule has 0 amide bonds. The third-order valence-electron chi connectivity index (χ3n) is 4.96. The minimum Gasteiger partial charge on any atom is -0.496 e. The highest BCUT2D eigenvalue weighted by atomic mass is 32.2. The molecule has 1 atom stereocenters. The van der Waals surface area contributed by atoms with Crippen LogP contribution in [0.3, 0.4) is 0 Å². The molecule has 4 rings (SSSR count). The van der Waals surface area contributed by atoms with Gasteiger partial charge >= 0.3 is 0 Å². The lowest BCUT2D eigenvalue weighted by Crippen LogP contribution is -2.31. The molecule has 0 radical (unpaired) electrons. The molecule has 1 saturated heterocycles. The van der Waals surface area contributed by atoms with E-state index in [0.717, 1.165) is 29.2 Å². The number of aromatic nitrogens is 2. The Morgan fingerprint density at radius 3 is 2.86 bits per heavy atom. The average Bonchev–Trinajstić information content (AvgIpc) is 3.40. The largest absolute Gasteiger partial charge is 0.496 e. The molecule has 1 aromatic carbocycles. The Bertz CT molecular complexity index is 1100. The van der Waals surface area contributed by atoms with Crippen LogP contribution in [-0.2, 0) is 10.0 Å². The Hall–Kier alpha value is -2.49. The smallest absolute Gasteiger partial charge is 0.243 e. The maximum Gasteiger partial charge on any atom is 0.243 e. The molecule has 0 aliphatic carbocycles. The number of aryl methyl sites for hydroxylation is 1. The van der Waals surface area contributed by atoms with Crippen LogP contribution in [0.1, 0.15) is 30.1 Å². The predicted molar refractivity (Wildman–Crippen MR) is 113 cm³/mol. The lowest BCUT2D eigenvalue weighted by Gasteiger charge is -2.24. The fourth-order valence-electron chi connectivity index (χ4n) is 3.57. The van der Waals surface area contributed by atoms with Crippen LogP contribution in [0.5, 0.6) is 5.75 Å². The monoisotopic (exact) mass is 430 g/mol. The van der Waals surface area contributed by atoms with Crippen molar-refractivity contribution in [2.24, 2.45) is 0 Å². The molecule has 1 aliphatic rings. The van der Waals surface area contributed by atoms with Gasteiger partial charge in [-0.05, 0) is 55.7 Å². The summed E-state index contributed by atoms with van der Waals surface area (Å²) in [7, 11) is -2.06. The SMILES string of the molecule is COc1ccc(S(=O)(=O)N2CCC[C@@H]2c2cccc(Nc3nccs3)n2)cc1C. The number of benzene rings is 1. The van der Waals surface area contributed by atoms with Gasteiger partial charge in [-0.15, -0.1) is 11.3 Å². The Balaban J connectivity index is 1.63. The highest BCUT2D eigenvalue weighted by Crippen LogP contribution is 2.37. The van der Waals surface area contributed by atoms with Gasteiger partial charge in [-0.2, -0.15) is 4.31 Å². The number of anilines is 2. The van der Waals surface area contributed by atoms with Crippen LogP contribution < -0.4 is 10.1 Å². The quantitative estimate of drug-likeness (QED) is 0.633. The standard InChI is InChI=1S/C20H22N4O3S2/c1-14-13-15(8-9-18(14)27-2)29(25,26)24-11-4-6-17(24)16-5-3-7-19(22-16)23-20-21-10-12-28-20/h3,5,7-10,12-13,17H,4,6,11H2,1-2H3,(H,21,22,23)/t17-/m1/s1. The van der Waals surface area contributed by atoms with Crippen molar-refractivity contribution in [1.82, 2.24) is 14.3 Å². The van der Waals surface area contributed by atoms with Crippen LogP contribution in [0.4, 0.5) is 10.9 Å². The molecule has 1 aliphatic heterocycles. The lowest BCUT2D eigenvalue weighted by molar-refractivity contribution is 0.390. The van der Waals surface area contributed by atoms with Gasteiger partial charge in [0.25, 0.3) is 0 Å². The van der Waals surface area contributed by atoms with E-state index in [-0.39, 0.29) is 10.9 Å². The second kappa shape index (κ2) is 8.10. The van der Waals surface area contributed by atoms with E-state index in [1.165, 1.54) is 11.3 Å². The molecule has 9 heteroatoms. The molecule has 152 valence electrons. The van der Waals surface area contributed by atoms with Gasteiger partial charge in [-0.3, -0.25) is 0 Å². The molecule has 7 nitrogen and oxygen atoms in total. The molecule has 1 fully saturated rings. The summed E-state index contributed by atoms with van der Waals surface area (Å²) in [4.78, 5) is 9.14. The second-order valence-corrected chi connectivity index (χ2v) is 9.60. The highest BCUT2D eigenvalue weighted by molar-refractivity contribution is 7.89. The van der Waals surface area contributed by atoms with E-state index in [4.69, 9.17) is 4.74 Å². The molecular weight excluding hydrogens is 408 g/mol. The van der Waals surface area contributed by atoms with Crippen molar-refractivity contribution in [2.45, 2.75) is 30.7 Å². The minimum absolute atomic E-state index is 0.278. The summed E-state index contributed by atoms with van der Waals surface area (Å²) in [5.41, 5.74) is 1.52. The van der Waals surface area contributed by atoms with E-state index in [0.29, 0.717) is 18.1 Å². The Kier molecular flexibility index (Phi) is 5.53. The van der Waals surface area contributed by atoms with Crippen molar-refractivity contribution in [1.29, 1.82) is 0 Å². The van der Waals surface area contributed by atoms with Crippen LogP contribution in [0.2, 0.25) is 0 Å². The minimum atomic E-state index is -3.64. The number of hydrogen-bond donors (Lipinski definition) is 1. The van der Waals surface area contributed by atoms with Gasteiger partial charge in [0, 0.05) is 18.1 Å².